The van der Waals surface area contributed by atoms with Crippen molar-refractivity contribution in [3.63, 3.8) is 0 Å². The number of nitrogens with one attached hydrogen (secondary N) is 3. The SMILES string of the molecule is CC(C)c1ccccc1[C@@H]1COCCN1C1CC2(CCN(c3ccc(C(=O)NS(=O)(=O)c4ccc(NCC5CCOCC5)c([N+](=O)[O-])c4)c(N4c5cc6cc[nH]c6nc5O[C@@H]5COC[C@H]54)c3)CC2)C1. The maximum absolute atomic E-state index is 14.6. The molecule has 1 saturated carbocycles. The number of hydrogen-bond acceptors (Lipinski definition) is 14. The first-order valence-electron chi connectivity index (χ1n) is 24.4. The Morgan fingerprint density at radius 2 is 1.74 bits per heavy atom. The van der Waals surface area contributed by atoms with E-state index >= 15 is 0 Å². The fourth-order valence-electron chi connectivity index (χ4n) is 11.7. The van der Waals surface area contributed by atoms with Crippen LogP contribution < -0.4 is 24.6 Å². The minimum Gasteiger partial charge on any atom is -0.468 e. The van der Waals surface area contributed by atoms with E-state index in [-0.39, 0.29) is 34.7 Å². The normalized spacial score (nSPS) is 23.1. The van der Waals surface area contributed by atoms with Gasteiger partial charge in [0.15, 0.2) is 0 Å². The van der Waals surface area contributed by atoms with Crippen molar-refractivity contribution in [2.24, 2.45) is 11.3 Å². The van der Waals surface area contributed by atoms with Gasteiger partial charge in [0.1, 0.15) is 23.1 Å². The molecular formula is C51H60N8O9S. The standard InChI is InChI=1S/C51H60N8O9S/c1-32(2)38-5-3-4-6-39(38)45-29-66-22-19-57(45)36-26-51(27-36)14-17-56(18-15-51)35-7-9-40(42(24-35)58-44-23-34-11-16-52-48(34)54-50(44)68-47-31-67-30-46(47)58)49(60)55-69(63,64)37-8-10-41(43(25-37)59(61)62)53-28-33-12-20-65-21-13-33/h3-11,16,23-25,32-33,36,45-47,53H,12-15,17-22,26-31H2,1-2H3,(H,52,54)(H,55,60)/t45-,46+,47+/m0/s1. The third kappa shape index (κ3) is 8.79. The third-order valence-electron chi connectivity index (χ3n) is 15.6. The largest absolute Gasteiger partial charge is 0.468 e. The van der Waals surface area contributed by atoms with Crippen LogP contribution in [0.15, 0.2) is 83.9 Å². The number of H-pyrrole nitrogens is 1. The number of nitro groups is 1. The van der Waals surface area contributed by atoms with Crippen LogP contribution in [-0.2, 0) is 24.2 Å². The molecule has 6 aliphatic rings. The first-order valence-corrected chi connectivity index (χ1v) is 25.9. The Morgan fingerprint density at radius 3 is 2.54 bits per heavy atom. The number of carbonyl (C=O) groups is 1. The highest BCUT2D eigenvalue weighted by atomic mass is 32.2. The van der Waals surface area contributed by atoms with Crippen LogP contribution in [-0.4, -0.2) is 118 Å². The highest BCUT2D eigenvalue weighted by Gasteiger charge is 2.50. The highest BCUT2D eigenvalue weighted by Crippen LogP contribution is 2.54. The molecule has 0 bridgehead atoms. The summed E-state index contributed by atoms with van der Waals surface area (Å²) < 4.78 is 54.4. The Labute approximate surface area is 402 Å². The van der Waals surface area contributed by atoms with Crippen LogP contribution in [0.3, 0.4) is 0 Å². The number of nitro benzene ring substituents is 1. The number of carbonyl (C=O) groups excluding carboxylic acids is 1. The molecule has 5 aromatic rings. The highest BCUT2D eigenvalue weighted by molar-refractivity contribution is 7.90. The average Bonchev–Trinajstić information content (AvgIpc) is 4.03. The van der Waals surface area contributed by atoms with Crippen molar-refractivity contribution in [1.82, 2.24) is 19.6 Å². The maximum Gasteiger partial charge on any atom is 0.293 e. The van der Waals surface area contributed by atoms with E-state index in [1.807, 2.05) is 29.2 Å². The number of piperidine rings is 1. The summed E-state index contributed by atoms with van der Waals surface area (Å²) in [6.45, 7) is 10.9. The fourth-order valence-corrected chi connectivity index (χ4v) is 12.7. The number of rotatable bonds is 12. The average molecular weight is 961 g/mol. The lowest BCUT2D eigenvalue weighted by atomic mass is 9.59. The van der Waals surface area contributed by atoms with Crippen LogP contribution in [0, 0.1) is 21.4 Å². The van der Waals surface area contributed by atoms with Gasteiger partial charge in [-0.25, -0.2) is 13.1 Å². The molecule has 0 radical (unpaired) electrons. The summed E-state index contributed by atoms with van der Waals surface area (Å²) in [6.07, 6.45) is 7.39. The van der Waals surface area contributed by atoms with Gasteiger partial charge in [-0.3, -0.25) is 19.8 Å². The number of amides is 1. The Kier molecular flexibility index (Phi) is 12.2. The quantitative estimate of drug-likeness (QED) is 0.0815. The van der Waals surface area contributed by atoms with Crippen LogP contribution in [0.4, 0.5) is 28.4 Å². The number of hydrogen-bond donors (Lipinski definition) is 3. The minimum atomic E-state index is -4.59. The number of anilines is 4. The molecule has 69 heavy (non-hydrogen) atoms. The van der Waals surface area contributed by atoms with Crippen molar-refractivity contribution >= 4 is 55.4 Å². The second kappa shape index (κ2) is 18.5. The van der Waals surface area contributed by atoms with Crippen molar-refractivity contribution in [1.29, 1.82) is 0 Å². The van der Waals surface area contributed by atoms with Gasteiger partial charge < -0.3 is 39.0 Å². The van der Waals surface area contributed by atoms with E-state index in [0.717, 1.165) is 81.9 Å². The monoisotopic (exact) mass is 960 g/mol. The molecule has 11 rings (SSSR count). The summed E-state index contributed by atoms with van der Waals surface area (Å²) in [5, 5.41) is 16.3. The zero-order valence-corrected chi connectivity index (χ0v) is 39.9. The van der Waals surface area contributed by atoms with Crippen LogP contribution in [0.1, 0.15) is 85.8 Å². The van der Waals surface area contributed by atoms with Gasteiger partial charge in [0.25, 0.3) is 21.6 Å². The molecule has 5 fully saturated rings. The predicted octanol–water partition coefficient (Wildman–Crippen LogP) is 7.67. The van der Waals surface area contributed by atoms with Gasteiger partial charge in [0.05, 0.1) is 59.6 Å². The molecule has 2 aromatic heterocycles. The molecule has 3 aromatic carbocycles. The van der Waals surface area contributed by atoms with E-state index in [1.165, 1.54) is 23.3 Å². The molecular weight excluding hydrogens is 901 g/mol. The summed E-state index contributed by atoms with van der Waals surface area (Å²) in [7, 11) is -4.59. The van der Waals surface area contributed by atoms with Crippen LogP contribution in [0.25, 0.3) is 11.0 Å². The van der Waals surface area contributed by atoms with Gasteiger partial charge in [0.2, 0.25) is 5.88 Å². The fraction of sp³-hybridized carbons (Fsp3) is 0.490. The van der Waals surface area contributed by atoms with E-state index < -0.39 is 37.5 Å². The molecule has 1 amide bonds. The molecule has 5 aliphatic heterocycles. The number of nitrogens with zero attached hydrogens (tertiary/aromatic N) is 5. The molecule has 17 nitrogen and oxygen atoms in total. The van der Waals surface area contributed by atoms with Gasteiger partial charge in [-0.05, 0) is 109 Å². The number of aromatic nitrogens is 2. The Morgan fingerprint density at radius 1 is 0.928 bits per heavy atom. The van der Waals surface area contributed by atoms with E-state index in [9.17, 15) is 23.3 Å². The molecule has 3 atom stereocenters. The number of benzene rings is 3. The lowest BCUT2D eigenvalue weighted by Crippen LogP contribution is -2.58. The van der Waals surface area contributed by atoms with Crippen molar-refractivity contribution in [2.75, 3.05) is 80.9 Å². The third-order valence-corrected chi connectivity index (χ3v) is 16.9. The van der Waals surface area contributed by atoms with Crippen molar-refractivity contribution in [2.45, 2.75) is 87.4 Å². The molecule has 3 N–H and O–H groups in total. The number of morpholine rings is 1. The second-order valence-electron chi connectivity index (χ2n) is 20.0. The zero-order valence-electron chi connectivity index (χ0n) is 39.1. The molecule has 1 aliphatic carbocycles. The summed E-state index contributed by atoms with van der Waals surface area (Å²) in [5.74, 6) is 0.191. The van der Waals surface area contributed by atoms with Crippen LogP contribution in [0.5, 0.6) is 5.88 Å². The van der Waals surface area contributed by atoms with E-state index in [2.05, 4.69) is 62.9 Å². The lowest BCUT2D eigenvalue weighted by Gasteiger charge is -2.57. The van der Waals surface area contributed by atoms with E-state index in [1.54, 1.807) is 12.3 Å². The number of pyridine rings is 1. The maximum atomic E-state index is 14.6. The first kappa shape index (κ1) is 45.6. The predicted molar refractivity (Wildman–Crippen MR) is 261 cm³/mol. The van der Waals surface area contributed by atoms with Crippen molar-refractivity contribution in [3.8, 4) is 5.88 Å². The van der Waals surface area contributed by atoms with Gasteiger partial charge in [0, 0.05) is 68.8 Å². The van der Waals surface area contributed by atoms with E-state index in [0.29, 0.717) is 74.4 Å². The smallest absolute Gasteiger partial charge is 0.293 e. The lowest BCUT2D eigenvalue weighted by molar-refractivity contribution is -0.384. The number of ether oxygens (including phenoxy) is 4. The second-order valence-corrected chi connectivity index (χ2v) is 21.7. The number of sulfonamides is 1. The molecule has 0 unspecified atom stereocenters. The van der Waals surface area contributed by atoms with Crippen LogP contribution in [0.2, 0.25) is 0 Å². The summed E-state index contributed by atoms with van der Waals surface area (Å²) in [5.41, 5.74) is 5.58. The van der Waals surface area contributed by atoms with Crippen molar-refractivity contribution in [3.05, 3.63) is 106 Å². The van der Waals surface area contributed by atoms with Crippen LogP contribution >= 0.6 is 0 Å². The Bertz CT molecular complexity index is 2850. The molecule has 1 spiro atoms. The molecule has 18 heteroatoms. The van der Waals surface area contributed by atoms with Gasteiger partial charge in [-0.1, -0.05) is 38.1 Å². The number of fused-ring (bicyclic) bond motifs is 3. The topological polar surface area (TPSA) is 194 Å². The molecule has 364 valence electrons. The Hall–Kier alpha value is -5.79. The van der Waals surface area contributed by atoms with Gasteiger partial charge >= 0.3 is 0 Å². The Balaban J connectivity index is 0.866. The molecule has 7 heterocycles. The first-order chi connectivity index (χ1) is 33.4. The summed E-state index contributed by atoms with van der Waals surface area (Å²) in [4.78, 5) is 40.9. The molecule has 4 saturated heterocycles. The summed E-state index contributed by atoms with van der Waals surface area (Å²) >= 11 is 0. The number of aromatic amines is 1. The van der Waals surface area contributed by atoms with Gasteiger partial charge in [-0.15, -0.1) is 0 Å². The van der Waals surface area contributed by atoms with Crippen molar-refractivity contribution < 1.29 is 37.1 Å². The van der Waals surface area contributed by atoms with Gasteiger partial charge in [-0.2, -0.15) is 4.98 Å². The summed E-state index contributed by atoms with van der Waals surface area (Å²) in [6, 6.07) is 22.3. The minimum absolute atomic E-state index is 0.105. The van der Waals surface area contributed by atoms with E-state index in [4.69, 9.17) is 23.9 Å². The zero-order chi connectivity index (χ0) is 47.4.